The zero-order valence-electron chi connectivity index (χ0n) is 10.4. The topological polar surface area (TPSA) is 41.1 Å². The maximum Gasteiger partial charge on any atom is 0.220 e. The number of hydrogen-bond acceptors (Lipinski definition) is 2. The molecule has 4 heteroatoms. The first kappa shape index (κ1) is 13.6. The average Bonchev–Trinajstić information content (AvgIpc) is 3.15. The highest BCUT2D eigenvalue weighted by atomic mass is 79.9. The summed E-state index contributed by atoms with van der Waals surface area (Å²) in [6, 6.07) is 8.66. The lowest BCUT2D eigenvalue weighted by Crippen LogP contribution is -2.26. The van der Waals surface area contributed by atoms with Gasteiger partial charge in [-0.25, -0.2) is 0 Å². The van der Waals surface area contributed by atoms with Gasteiger partial charge in [-0.1, -0.05) is 34.1 Å². The van der Waals surface area contributed by atoms with Crippen molar-refractivity contribution in [2.75, 3.05) is 6.54 Å². The Hall–Kier alpha value is -0.870. The number of nitrogens with one attached hydrogen (secondary N) is 2. The van der Waals surface area contributed by atoms with Gasteiger partial charge in [-0.2, -0.15) is 0 Å². The molecule has 3 nitrogen and oxygen atoms in total. The molecular weight excluding hydrogens is 292 g/mol. The summed E-state index contributed by atoms with van der Waals surface area (Å²) in [6.07, 6.45) is 3.83. The summed E-state index contributed by atoms with van der Waals surface area (Å²) in [6.45, 7) is 1.71. The monoisotopic (exact) mass is 310 g/mol. The first-order chi connectivity index (χ1) is 8.75. The Balaban J connectivity index is 1.55. The molecule has 0 aromatic heterocycles. The number of hydrogen-bond donors (Lipinski definition) is 2. The maximum atomic E-state index is 11.4. The van der Waals surface area contributed by atoms with Gasteiger partial charge in [0, 0.05) is 23.5 Å². The van der Waals surface area contributed by atoms with E-state index in [9.17, 15) is 4.79 Å². The van der Waals surface area contributed by atoms with Gasteiger partial charge >= 0.3 is 0 Å². The molecule has 1 aromatic carbocycles. The van der Waals surface area contributed by atoms with Gasteiger partial charge in [0.2, 0.25) is 5.91 Å². The van der Waals surface area contributed by atoms with Gasteiger partial charge in [0.15, 0.2) is 0 Å². The third kappa shape index (κ3) is 4.78. The molecule has 0 heterocycles. The van der Waals surface area contributed by atoms with Crippen molar-refractivity contribution in [2.24, 2.45) is 0 Å². The van der Waals surface area contributed by atoms with Crippen molar-refractivity contribution in [3.05, 3.63) is 34.3 Å². The molecule has 18 heavy (non-hydrogen) atoms. The van der Waals surface area contributed by atoms with E-state index in [0.717, 1.165) is 36.8 Å². The van der Waals surface area contributed by atoms with Gasteiger partial charge in [0.1, 0.15) is 0 Å². The van der Waals surface area contributed by atoms with E-state index in [1.807, 2.05) is 18.2 Å². The molecule has 0 aliphatic heterocycles. The fourth-order valence-electron chi connectivity index (χ4n) is 1.77. The Kier molecular flexibility index (Phi) is 5.20. The minimum absolute atomic E-state index is 0.195. The second-order valence-electron chi connectivity index (χ2n) is 4.71. The lowest BCUT2D eigenvalue weighted by atomic mass is 10.2. The van der Waals surface area contributed by atoms with Crippen LogP contribution in [0.15, 0.2) is 28.7 Å². The van der Waals surface area contributed by atoms with Crippen molar-refractivity contribution in [1.29, 1.82) is 0 Å². The van der Waals surface area contributed by atoms with E-state index in [4.69, 9.17) is 0 Å². The quantitative estimate of drug-likeness (QED) is 0.760. The molecular formula is C14H19BrN2O. The largest absolute Gasteiger partial charge is 0.353 e. The third-order valence-corrected chi connectivity index (χ3v) is 3.75. The Labute approximate surface area is 116 Å². The molecule has 2 N–H and O–H groups in total. The van der Waals surface area contributed by atoms with Crippen molar-refractivity contribution >= 4 is 21.8 Å². The minimum atomic E-state index is 0.195. The molecule has 1 aromatic rings. The van der Waals surface area contributed by atoms with E-state index in [1.54, 1.807) is 0 Å². The second kappa shape index (κ2) is 6.90. The Morgan fingerprint density at radius 1 is 1.33 bits per heavy atom. The van der Waals surface area contributed by atoms with Crippen molar-refractivity contribution in [3.8, 4) is 0 Å². The molecule has 1 fully saturated rings. The summed E-state index contributed by atoms with van der Waals surface area (Å²) in [4.78, 5) is 11.4. The summed E-state index contributed by atoms with van der Waals surface area (Å²) in [5.74, 6) is 0.195. The number of amides is 1. The van der Waals surface area contributed by atoms with Crippen molar-refractivity contribution in [3.63, 3.8) is 0 Å². The van der Waals surface area contributed by atoms with Crippen LogP contribution in [-0.2, 0) is 11.3 Å². The molecule has 2 rings (SSSR count). The standard InChI is InChI=1S/C14H19BrN2O/c15-13-5-2-1-4-11(13)10-16-9-3-6-14(18)17-12-7-8-12/h1-2,4-5,12,16H,3,6-10H2,(H,17,18). The summed E-state index contributed by atoms with van der Waals surface area (Å²) in [7, 11) is 0. The first-order valence-electron chi connectivity index (χ1n) is 6.49. The molecule has 0 saturated heterocycles. The molecule has 98 valence electrons. The number of carbonyl (C=O) groups excluding carboxylic acids is 1. The van der Waals surface area contributed by atoms with E-state index < -0.39 is 0 Å². The zero-order valence-corrected chi connectivity index (χ0v) is 12.0. The zero-order chi connectivity index (χ0) is 12.8. The summed E-state index contributed by atoms with van der Waals surface area (Å²) >= 11 is 3.52. The van der Waals surface area contributed by atoms with E-state index in [-0.39, 0.29) is 5.91 Å². The van der Waals surface area contributed by atoms with Gasteiger partial charge < -0.3 is 10.6 Å². The Morgan fingerprint density at radius 2 is 2.11 bits per heavy atom. The highest BCUT2D eigenvalue weighted by Gasteiger charge is 2.22. The van der Waals surface area contributed by atoms with Crippen molar-refractivity contribution in [1.82, 2.24) is 10.6 Å². The Bertz CT molecular complexity index is 405. The summed E-state index contributed by atoms with van der Waals surface area (Å²) < 4.78 is 1.13. The number of carbonyl (C=O) groups is 1. The van der Waals surface area contributed by atoms with Gasteiger partial charge in [0.25, 0.3) is 0 Å². The van der Waals surface area contributed by atoms with Crippen LogP contribution in [0.5, 0.6) is 0 Å². The van der Waals surface area contributed by atoms with E-state index in [2.05, 4.69) is 32.6 Å². The van der Waals surface area contributed by atoms with Crippen LogP contribution in [0.25, 0.3) is 0 Å². The van der Waals surface area contributed by atoms with Crippen LogP contribution in [0.3, 0.4) is 0 Å². The van der Waals surface area contributed by atoms with Crippen molar-refractivity contribution in [2.45, 2.75) is 38.3 Å². The second-order valence-corrected chi connectivity index (χ2v) is 5.57. The van der Waals surface area contributed by atoms with Crippen LogP contribution < -0.4 is 10.6 Å². The smallest absolute Gasteiger partial charge is 0.220 e. The minimum Gasteiger partial charge on any atom is -0.353 e. The fourth-order valence-corrected chi connectivity index (χ4v) is 2.19. The molecule has 1 saturated carbocycles. The van der Waals surface area contributed by atoms with Crippen LogP contribution in [0.2, 0.25) is 0 Å². The number of halogens is 1. The Morgan fingerprint density at radius 3 is 2.83 bits per heavy atom. The highest BCUT2D eigenvalue weighted by Crippen LogP contribution is 2.18. The van der Waals surface area contributed by atoms with Gasteiger partial charge in [0.05, 0.1) is 0 Å². The first-order valence-corrected chi connectivity index (χ1v) is 7.28. The SMILES string of the molecule is O=C(CCCNCc1ccccc1Br)NC1CC1. The average molecular weight is 311 g/mol. The predicted octanol–water partition coefficient (Wildman–Crippen LogP) is 2.60. The van der Waals surface area contributed by atoms with Gasteiger partial charge in [-0.05, 0) is 37.4 Å². The maximum absolute atomic E-state index is 11.4. The van der Waals surface area contributed by atoms with Crippen LogP contribution in [-0.4, -0.2) is 18.5 Å². The van der Waals surface area contributed by atoms with Crippen LogP contribution in [0, 0.1) is 0 Å². The molecule has 1 amide bonds. The molecule has 0 spiro atoms. The summed E-state index contributed by atoms with van der Waals surface area (Å²) in [5.41, 5.74) is 1.25. The molecule has 0 bridgehead atoms. The van der Waals surface area contributed by atoms with Crippen LogP contribution in [0.4, 0.5) is 0 Å². The molecule has 0 atom stereocenters. The fraction of sp³-hybridized carbons (Fsp3) is 0.500. The molecule has 1 aliphatic rings. The van der Waals surface area contributed by atoms with Gasteiger partial charge in [-0.3, -0.25) is 4.79 Å². The predicted molar refractivity (Wildman–Crippen MR) is 76.2 cm³/mol. The van der Waals surface area contributed by atoms with E-state index in [1.165, 1.54) is 5.56 Å². The van der Waals surface area contributed by atoms with Gasteiger partial charge in [-0.15, -0.1) is 0 Å². The molecule has 0 radical (unpaired) electrons. The third-order valence-electron chi connectivity index (χ3n) is 2.97. The number of rotatable bonds is 7. The van der Waals surface area contributed by atoms with E-state index >= 15 is 0 Å². The van der Waals surface area contributed by atoms with Crippen molar-refractivity contribution < 1.29 is 4.79 Å². The highest BCUT2D eigenvalue weighted by molar-refractivity contribution is 9.10. The van der Waals surface area contributed by atoms with E-state index in [0.29, 0.717) is 12.5 Å². The van der Waals surface area contributed by atoms with Crippen LogP contribution >= 0.6 is 15.9 Å². The van der Waals surface area contributed by atoms with Crippen LogP contribution in [0.1, 0.15) is 31.2 Å². The molecule has 0 unspecified atom stereocenters. The number of benzene rings is 1. The summed E-state index contributed by atoms with van der Waals surface area (Å²) in [5, 5.41) is 6.35. The molecule has 1 aliphatic carbocycles. The normalized spacial score (nSPS) is 14.5. The lowest BCUT2D eigenvalue weighted by molar-refractivity contribution is -0.121. The lowest BCUT2D eigenvalue weighted by Gasteiger charge is -2.07.